The van der Waals surface area contributed by atoms with Gasteiger partial charge in [-0.25, -0.2) is 4.98 Å². The zero-order valence-electron chi connectivity index (χ0n) is 12.4. The molecule has 21 heavy (non-hydrogen) atoms. The average molecular weight is 304 g/mol. The molecule has 0 unspecified atom stereocenters. The first-order chi connectivity index (χ1) is 10.2. The second kappa shape index (κ2) is 6.45. The number of thiazole rings is 1. The van der Waals surface area contributed by atoms with Gasteiger partial charge < -0.3 is 14.8 Å². The Bertz CT molecular complexity index is 608. The van der Waals surface area contributed by atoms with Crippen LogP contribution in [0.1, 0.15) is 29.1 Å². The van der Waals surface area contributed by atoms with Crippen molar-refractivity contribution >= 4 is 11.3 Å². The zero-order valence-corrected chi connectivity index (χ0v) is 13.2. The predicted octanol–water partition coefficient (Wildman–Crippen LogP) is 3.29. The summed E-state index contributed by atoms with van der Waals surface area (Å²) in [7, 11) is 1.67. The fourth-order valence-electron chi connectivity index (χ4n) is 2.09. The van der Waals surface area contributed by atoms with E-state index in [2.05, 4.69) is 16.4 Å². The van der Waals surface area contributed by atoms with Gasteiger partial charge in [0.15, 0.2) is 0 Å². The Morgan fingerprint density at radius 2 is 2.24 bits per heavy atom. The van der Waals surface area contributed by atoms with Crippen molar-refractivity contribution in [2.45, 2.75) is 39.0 Å². The summed E-state index contributed by atoms with van der Waals surface area (Å²) in [5.74, 6) is 1.69. The molecule has 1 aliphatic rings. The molecule has 1 aromatic carbocycles. The van der Waals surface area contributed by atoms with Crippen molar-refractivity contribution in [1.82, 2.24) is 10.3 Å². The van der Waals surface area contributed by atoms with Gasteiger partial charge in [0.05, 0.1) is 7.11 Å². The van der Waals surface area contributed by atoms with Crippen LogP contribution in [-0.4, -0.2) is 18.1 Å². The van der Waals surface area contributed by atoms with E-state index in [1.54, 1.807) is 18.4 Å². The number of hydrogen-bond donors (Lipinski definition) is 1. The van der Waals surface area contributed by atoms with Crippen molar-refractivity contribution in [3.05, 3.63) is 39.8 Å². The molecule has 2 aromatic rings. The van der Waals surface area contributed by atoms with Crippen molar-refractivity contribution in [3.63, 3.8) is 0 Å². The third kappa shape index (κ3) is 3.95. The average Bonchev–Trinajstić information content (AvgIpc) is 3.24. The molecule has 0 bridgehead atoms. The summed E-state index contributed by atoms with van der Waals surface area (Å²) in [6.45, 7) is 3.33. The smallest absolute Gasteiger partial charge is 0.140 e. The van der Waals surface area contributed by atoms with Gasteiger partial charge in [-0.3, -0.25) is 0 Å². The van der Waals surface area contributed by atoms with E-state index in [4.69, 9.17) is 9.47 Å². The van der Waals surface area contributed by atoms with Crippen molar-refractivity contribution < 1.29 is 9.47 Å². The summed E-state index contributed by atoms with van der Waals surface area (Å²) in [5, 5.41) is 6.56. The van der Waals surface area contributed by atoms with Crippen LogP contribution in [0.15, 0.2) is 23.6 Å². The lowest BCUT2D eigenvalue weighted by Gasteiger charge is -2.13. The van der Waals surface area contributed by atoms with E-state index in [-0.39, 0.29) is 0 Å². The number of aryl methyl sites for hydroxylation is 1. The van der Waals surface area contributed by atoms with Gasteiger partial charge in [0, 0.05) is 35.3 Å². The van der Waals surface area contributed by atoms with Crippen LogP contribution in [0, 0.1) is 6.92 Å². The van der Waals surface area contributed by atoms with Crippen LogP contribution in [0.3, 0.4) is 0 Å². The summed E-state index contributed by atoms with van der Waals surface area (Å²) >= 11 is 1.63. The Morgan fingerprint density at radius 3 is 2.90 bits per heavy atom. The first-order valence-corrected chi connectivity index (χ1v) is 8.06. The number of nitrogens with zero attached hydrogens (tertiary/aromatic N) is 1. The largest absolute Gasteiger partial charge is 0.497 e. The van der Waals surface area contributed by atoms with Gasteiger partial charge >= 0.3 is 0 Å². The number of methoxy groups -OCH3 is 1. The van der Waals surface area contributed by atoms with E-state index in [9.17, 15) is 0 Å². The Kier molecular flexibility index (Phi) is 4.41. The number of aromatic nitrogens is 1. The lowest BCUT2D eigenvalue weighted by atomic mass is 10.2. The molecule has 0 radical (unpaired) electrons. The van der Waals surface area contributed by atoms with Crippen LogP contribution in [-0.2, 0) is 13.2 Å². The monoisotopic (exact) mass is 304 g/mol. The fourth-order valence-corrected chi connectivity index (χ4v) is 2.78. The predicted molar refractivity (Wildman–Crippen MR) is 84.0 cm³/mol. The van der Waals surface area contributed by atoms with Crippen LogP contribution in [0.25, 0.3) is 0 Å². The summed E-state index contributed by atoms with van der Waals surface area (Å²) in [6, 6.07) is 6.67. The quantitative estimate of drug-likeness (QED) is 0.852. The number of hydrogen-bond acceptors (Lipinski definition) is 5. The molecule has 0 aliphatic heterocycles. The van der Waals surface area contributed by atoms with Crippen LogP contribution in [0.2, 0.25) is 0 Å². The minimum Gasteiger partial charge on any atom is -0.497 e. The summed E-state index contributed by atoms with van der Waals surface area (Å²) in [4.78, 5) is 4.43. The molecule has 0 spiro atoms. The maximum absolute atomic E-state index is 5.96. The molecule has 1 N–H and O–H groups in total. The molecule has 0 amide bonds. The molecule has 0 saturated heterocycles. The molecule has 1 aliphatic carbocycles. The maximum Gasteiger partial charge on any atom is 0.140 e. The van der Waals surface area contributed by atoms with Crippen LogP contribution in [0.5, 0.6) is 11.5 Å². The maximum atomic E-state index is 5.96. The number of rotatable bonds is 7. The molecule has 0 atom stereocenters. The van der Waals surface area contributed by atoms with E-state index in [1.807, 2.05) is 24.4 Å². The molecular weight excluding hydrogens is 284 g/mol. The minimum atomic E-state index is 0.502. The van der Waals surface area contributed by atoms with Crippen LogP contribution >= 0.6 is 11.3 Å². The molecule has 1 fully saturated rings. The van der Waals surface area contributed by atoms with Crippen LogP contribution in [0.4, 0.5) is 0 Å². The zero-order chi connectivity index (χ0) is 14.7. The van der Waals surface area contributed by atoms with Gasteiger partial charge in [0.25, 0.3) is 0 Å². The number of nitrogens with one attached hydrogen (secondary N) is 1. The lowest BCUT2D eigenvalue weighted by molar-refractivity contribution is 0.298. The highest BCUT2D eigenvalue weighted by Gasteiger charge is 2.20. The van der Waals surface area contributed by atoms with Gasteiger partial charge in [-0.05, 0) is 25.8 Å². The number of benzene rings is 1. The highest BCUT2D eigenvalue weighted by Crippen LogP contribution is 2.27. The molecular formula is C16H20N2O2S. The van der Waals surface area contributed by atoms with Crippen LogP contribution < -0.4 is 14.8 Å². The SMILES string of the molecule is COc1ccc(CNC2CC2)c(OCc2nc(C)cs2)c1. The standard InChI is InChI=1S/C16H20N2O2S/c1-11-10-21-16(18-11)9-20-15-7-14(19-2)6-3-12(15)8-17-13-4-5-13/h3,6-7,10,13,17H,4-5,8-9H2,1-2H3. The second-order valence-electron chi connectivity index (χ2n) is 5.30. The van der Waals surface area contributed by atoms with Crippen molar-refractivity contribution in [3.8, 4) is 11.5 Å². The molecule has 5 heteroatoms. The molecule has 4 nitrogen and oxygen atoms in total. The third-order valence-electron chi connectivity index (χ3n) is 3.45. The lowest BCUT2D eigenvalue weighted by Crippen LogP contribution is -2.16. The van der Waals surface area contributed by atoms with Gasteiger partial charge in [0.2, 0.25) is 0 Å². The summed E-state index contributed by atoms with van der Waals surface area (Å²) in [6.07, 6.45) is 2.56. The summed E-state index contributed by atoms with van der Waals surface area (Å²) in [5.41, 5.74) is 2.20. The number of ether oxygens (including phenoxy) is 2. The Labute approximate surface area is 129 Å². The highest BCUT2D eigenvalue weighted by molar-refractivity contribution is 7.09. The minimum absolute atomic E-state index is 0.502. The molecule has 1 aromatic heterocycles. The first kappa shape index (κ1) is 14.4. The third-order valence-corrected chi connectivity index (χ3v) is 4.39. The fraction of sp³-hybridized carbons (Fsp3) is 0.438. The van der Waals surface area contributed by atoms with E-state index in [0.29, 0.717) is 12.6 Å². The van der Waals surface area contributed by atoms with E-state index >= 15 is 0 Å². The van der Waals surface area contributed by atoms with Gasteiger partial charge in [-0.15, -0.1) is 11.3 Å². The van der Waals surface area contributed by atoms with Gasteiger partial charge in [-0.1, -0.05) is 6.07 Å². The Morgan fingerprint density at radius 1 is 1.38 bits per heavy atom. The first-order valence-electron chi connectivity index (χ1n) is 7.18. The van der Waals surface area contributed by atoms with Crippen molar-refractivity contribution in [1.29, 1.82) is 0 Å². The van der Waals surface area contributed by atoms with Gasteiger partial charge in [0.1, 0.15) is 23.1 Å². The highest BCUT2D eigenvalue weighted by atomic mass is 32.1. The molecule has 3 rings (SSSR count). The topological polar surface area (TPSA) is 43.4 Å². The second-order valence-corrected chi connectivity index (χ2v) is 6.24. The Balaban J connectivity index is 1.69. The summed E-state index contributed by atoms with van der Waals surface area (Å²) < 4.78 is 11.3. The van der Waals surface area contributed by atoms with E-state index in [1.165, 1.54) is 12.8 Å². The van der Waals surface area contributed by atoms with Crippen molar-refractivity contribution in [2.75, 3.05) is 7.11 Å². The molecule has 1 saturated carbocycles. The van der Waals surface area contributed by atoms with Gasteiger partial charge in [-0.2, -0.15) is 0 Å². The normalized spacial score (nSPS) is 14.2. The molecule has 112 valence electrons. The van der Waals surface area contributed by atoms with Crippen molar-refractivity contribution in [2.24, 2.45) is 0 Å². The molecule has 1 heterocycles. The van der Waals surface area contributed by atoms with E-state index in [0.717, 1.165) is 34.3 Å². The Hall–Kier alpha value is -1.59. The van der Waals surface area contributed by atoms with E-state index < -0.39 is 0 Å².